The van der Waals surface area contributed by atoms with Gasteiger partial charge >= 0.3 is 0 Å². The first-order valence-corrected chi connectivity index (χ1v) is 10.8. The maximum atomic E-state index is 12.7. The van der Waals surface area contributed by atoms with Gasteiger partial charge in [0.15, 0.2) is 0 Å². The van der Waals surface area contributed by atoms with Gasteiger partial charge in [-0.1, -0.05) is 48.5 Å². The molecule has 0 spiro atoms. The molecule has 6 heteroatoms. The summed E-state index contributed by atoms with van der Waals surface area (Å²) in [7, 11) is 4.94. The molecule has 0 saturated carbocycles. The van der Waals surface area contributed by atoms with Crippen molar-refractivity contribution in [2.75, 3.05) is 60.7 Å². The Kier molecular flexibility index (Phi) is 8.88. The Labute approximate surface area is 185 Å². The fraction of sp³-hybridized carbons (Fsp3) is 0.480. The van der Waals surface area contributed by atoms with E-state index in [1.807, 2.05) is 23.1 Å². The summed E-state index contributed by atoms with van der Waals surface area (Å²) < 4.78 is 16.0. The van der Waals surface area contributed by atoms with Crippen LogP contribution in [0.1, 0.15) is 17.0 Å². The largest absolute Gasteiger partial charge is 0.496 e. The molecule has 2 aromatic rings. The highest BCUT2D eigenvalue weighted by atomic mass is 16.5. The predicted octanol–water partition coefficient (Wildman–Crippen LogP) is 3.03. The first kappa shape index (κ1) is 23.3. The highest BCUT2D eigenvalue weighted by Crippen LogP contribution is 2.38. The molecule has 31 heavy (non-hydrogen) atoms. The number of likely N-dealkylation sites (tertiary alicyclic amines) is 1. The van der Waals surface area contributed by atoms with Crippen molar-refractivity contribution in [2.45, 2.75) is 12.5 Å². The van der Waals surface area contributed by atoms with E-state index in [4.69, 9.17) is 14.2 Å². The van der Waals surface area contributed by atoms with Crippen LogP contribution in [0.25, 0.3) is 0 Å². The molecule has 0 bridgehead atoms. The number of amides is 1. The molecule has 0 aliphatic carbocycles. The van der Waals surface area contributed by atoms with Crippen molar-refractivity contribution >= 4 is 5.91 Å². The molecule has 1 aliphatic rings. The average Bonchev–Trinajstić information content (AvgIpc) is 3.19. The second kappa shape index (κ2) is 11.8. The Balaban J connectivity index is 1.82. The van der Waals surface area contributed by atoms with Crippen LogP contribution in [0.5, 0.6) is 5.75 Å². The highest BCUT2D eigenvalue weighted by Gasteiger charge is 2.37. The van der Waals surface area contributed by atoms with Gasteiger partial charge in [-0.05, 0) is 23.1 Å². The third kappa shape index (κ3) is 6.29. The standard InChI is InChI=1S/C25H34N2O4/c1-29-14-13-27(25(28)19-30-2)17-21-16-26(15-20-9-5-4-6-10-20)18-23(21)22-11-7-8-12-24(22)31-3/h4-12,21,23H,13-19H2,1-3H3. The first-order valence-electron chi connectivity index (χ1n) is 10.8. The second-order valence-electron chi connectivity index (χ2n) is 8.05. The van der Waals surface area contributed by atoms with E-state index in [-0.39, 0.29) is 24.3 Å². The van der Waals surface area contributed by atoms with Gasteiger partial charge in [0, 0.05) is 52.9 Å². The normalized spacial score (nSPS) is 18.8. The zero-order valence-corrected chi connectivity index (χ0v) is 18.8. The Morgan fingerprint density at radius 2 is 1.74 bits per heavy atom. The third-order valence-corrected chi connectivity index (χ3v) is 5.94. The fourth-order valence-corrected chi connectivity index (χ4v) is 4.46. The topological polar surface area (TPSA) is 51.2 Å². The molecular formula is C25H34N2O4. The molecule has 2 aromatic carbocycles. The van der Waals surface area contributed by atoms with E-state index in [1.54, 1.807) is 21.3 Å². The van der Waals surface area contributed by atoms with Gasteiger partial charge in [0.2, 0.25) is 5.91 Å². The summed E-state index contributed by atoms with van der Waals surface area (Å²) in [5, 5.41) is 0. The molecule has 2 unspecified atom stereocenters. The number of nitrogens with zero attached hydrogens (tertiary/aromatic N) is 2. The maximum absolute atomic E-state index is 12.7. The van der Waals surface area contributed by atoms with Crippen molar-refractivity contribution in [2.24, 2.45) is 5.92 Å². The summed E-state index contributed by atoms with van der Waals surface area (Å²) in [6.07, 6.45) is 0. The zero-order chi connectivity index (χ0) is 22.1. The van der Waals surface area contributed by atoms with E-state index in [0.29, 0.717) is 19.7 Å². The molecule has 168 valence electrons. The van der Waals surface area contributed by atoms with Crippen LogP contribution in [0.4, 0.5) is 0 Å². The number of carbonyl (C=O) groups is 1. The summed E-state index contributed by atoms with van der Waals surface area (Å²) >= 11 is 0. The van der Waals surface area contributed by atoms with Crippen molar-refractivity contribution in [1.82, 2.24) is 9.80 Å². The van der Waals surface area contributed by atoms with Gasteiger partial charge in [-0.25, -0.2) is 0 Å². The van der Waals surface area contributed by atoms with E-state index < -0.39 is 0 Å². The Morgan fingerprint density at radius 3 is 2.45 bits per heavy atom. The van der Waals surface area contributed by atoms with Gasteiger partial charge in [0.1, 0.15) is 12.4 Å². The first-order chi connectivity index (χ1) is 15.2. The lowest BCUT2D eigenvalue weighted by molar-refractivity contribution is -0.136. The van der Waals surface area contributed by atoms with Crippen molar-refractivity contribution in [3.8, 4) is 5.75 Å². The van der Waals surface area contributed by atoms with Crippen LogP contribution in [0.15, 0.2) is 54.6 Å². The zero-order valence-electron chi connectivity index (χ0n) is 18.8. The average molecular weight is 427 g/mol. The number of benzene rings is 2. The predicted molar refractivity (Wildman–Crippen MR) is 121 cm³/mol. The van der Waals surface area contributed by atoms with Gasteiger partial charge in [-0.2, -0.15) is 0 Å². The molecule has 3 rings (SSSR count). The lowest BCUT2D eigenvalue weighted by atomic mass is 9.88. The number of hydrogen-bond donors (Lipinski definition) is 0. The summed E-state index contributed by atoms with van der Waals surface area (Å²) in [6.45, 7) is 4.57. The maximum Gasteiger partial charge on any atom is 0.248 e. The van der Waals surface area contributed by atoms with Crippen LogP contribution >= 0.6 is 0 Å². The summed E-state index contributed by atoms with van der Waals surface area (Å²) in [6, 6.07) is 18.8. The molecule has 1 aliphatic heterocycles. The van der Waals surface area contributed by atoms with E-state index in [9.17, 15) is 4.79 Å². The Bertz CT molecular complexity index is 814. The van der Waals surface area contributed by atoms with Crippen LogP contribution in [-0.2, 0) is 20.8 Å². The van der Waals surface area contributed by atoms with Crippen LogP contribution in [0, 0.1) is 5.92 Å². The van der Waals surface area contributed by atoms with Crippen LogP contribution in [0.2, 0.25) is 0 Å². The van der Waals surface area contributed by atoms with Crippen molar-refractivity contribution in [1.29, 1.82) is 0 Å². The second-order valence-corrected chi connectivity index (χ2v) is 8.05. The number of ether oxygens (including phenoxy) is 3. The quantitative estimate of drug-likeness (QED) is 0.553. The molecule has 0 radical (unpaired) electrons. The Hall–Kier alpha value is -2.41. The third-order valence-electron chi connectivity index (χ3n) is 5.94. The van der Waals surface area contributed by atoms with Crippen LogP contribution in [0.3, 0.4) is 0 Å². The van der Waals surface area contributed by atoms with E-state index in [1.165, 1.54) is 11.1 Å². The molecule has 0 aromatic heterocycles. The van der Waals surface area contributed by atoms with Gasteiger partial charge in [-0.15, -0.1) is 0 Å². The highest BCUT2D eigenvalue weighted by molar-refractivity contribution is 5.77. The van der Waals surface area contributed by atoms with Gasteiger partial charge in [-0.3, -0.25) is 9.69 Å². The molecule has 1 heterocycles. The number of rotatable bonds is 11. The summed E-state index contributed by atoms with van der Waals surface area (Å²) in [4.78, 5) is 17.0. The van der Waals surface area contributed by atoms with Crippen molar-refractivity contribution in [3.63, 3.8) is 0 Å². The Morgan fingerprint density at radius 1 is 1.00 bits per heavy atom. The molecule has 2 atom stereocenters. The fourth-order valence-electron chi connectivity index (χ4n) is 4.46. The van der Waals surface area contributed by atoms with E-state index in [0.717, 1.165) is 25.4 Å². The molecular weight excluding hydrogens is 392 g/mol. The lowest BCUT2D eigenvalue weighted by Gasteiger charge is -2.29. The molecule has 6 nitrogen and oxygen atoms in total. The van der Waals surface area contributed by atoms with E-state index >= 15 is 0 Å². The molecule has 1 saturated heterocycles. The molecule has 1 fully saturated rings. The van der Waals surface area contributed by atoms with Gasteiger partial charge in [0.25, 0.3) is 0 Å². The lowest BCUT2D eigenvalue weighted by Crippen LogP contribution is -2.41. The minimum absolute atomic E-state index is 0.000152. The summed E-state index contributed by atoms with van der Waals surface area (Å²) in [5.41, 5.74) is 2.50. The van der Waals surface area contributed by atoms with Crippen molar-refractivity contribution < 1.29 is 19.0 Å². The van der Waals surface area contributed by atoms with Crippen LogP contribution in [-0.4, -0.2) is 76.4 Å². The number of carbonyl (C=O) groups excluding carboxylic acids is 1. The minimum Gasteiger partial charge on any atom is -0.496 e. The van der Waals surface area contributed by atoms with Gasteiger partial charge in [0.05, 0.1) is 13.7 Å². The van der Waals surface area contributed by atoms with Gasteiger partial charge < -0.3 is 19.1 Å². The van der Waals surface area contributed by atoms with Crippen molar-refractivity contribution in [3.05, 3.63) is 65.7 Å². The smallest absolute Gasteiger partial charge is 0.248 e. The SMILES string of the molecule is COCCN(CC1CN(Cc2ccccc2)CC1c1ccccc1OC)C(=O)COC. The minimum atomic E-state index is -0.000152. The number of methoxy groups -OCH3 is 3. The number of hydrogen-bond acceptors (Lipinski definition) is 5. The number of para-hydroxylation sites is 1. The summed E-state index contributed by atoms with van der Waals surface area (Å²) in [5.74, 6) is 1.48. The molecule has 0 N–H and O–H groups in total. The monoisotopic (exact) mass is 426 g/mol. The molecule has 1 amide bonds. The van der Waals surface area contributed by atoms with E-state index in [2.05, 4.69) is 41.3 Å². The van der Waals surface area contributed by atoms with Crippen LogP contribution < -0.4 is 4.74 Å².